The molecule has 0 spiro atoms. The molecule has 0 aliphatic carbocycles. The summed E-state index contributed by atoms with van der Waals surface area (Å²) in [6, 6.07) is 16.5. The summed E-state index contributed by atoms with van der Waals surface area (Å²) in [5.41, 5.74) is 9.67. The van der Waals surface area contributed by atoms with E-state index in [0.717, 1.165) is 6.42 Å². The third-order valence-electron chi connectivity index (χ3n) is 3.45. The Morgan fingerprint density at radius 2 is 1.75 bits per heavy atom. The number of primary amides is 2. The third-order valence-corrected chi connectivity index (χ3v) is 3.71. The molecule has 0 bridgehead atoms. The standard InChI is InChI=1S/C8H8.C7H16NP.C5H4N.CH4N2O.Yb/c1-2-8-6-4-3-5-7-8;9-7-6-8-4-2-1-3-5-8;1-2-4-6-5-3-1;2-1(3)4;/h3-6H,1-2H2;1-7,9H2;2-5H;(H4,2,3,4);/q-2;;-1;;+3. The number of amides is 2. The van der Waals surface area contributed by atoms with Crippen LogP contribution < -0.4 is 11.5 Å². The minimum Gasteiger partial charge on any atom is -0.391 e. The van der Waals surface area contributed by atoms with Gasteiger partial charge in [0.15, 0.2) is 0 Å². The fourth-order valence-corrected chi connectivity index (χ4v) is 2.59. The Morgan fingerprint density at radius 1 is 1.14 bits per heavy atom. The zero-order valence-electron chi connectivity index (χ0n) is 16.3. The topological polar surface area (TPSA) is 85.2 Å². The van der Waals surface area contributed by atoms with Crippen molar-refractivity contribution < 1.29 is 51.7 Å². The summed E-state index contributed by atoms with van der Waals surface area (Å²) >= 11 is 0. The second kappa shape index (κ2) is 22.8. The van der Waals surface area contributed by atoms with Gasteiger partial charge in [-0.3, -0.25) is 0 Å². The van der Waals surface area contributed by atoms with Crippen LogP contribution in [0, 0.1) is 66.0 Å². The molecule has 3 rings (SSSR count). The number of urea groups is 1. The molecular formula is C21H32N4OPYb. The number of carbonyl (C=O) groups excluding carboxylic acids is 1. The van der Waals surface area contributed by atoms with Crippen molar-refractivity contribution in [2.75, 3.05) is 25.8 Å². The van der Waals surface area contributed by atoms with E-state index in [1.165, 1.54) is 50.6 Å². The molecule has 2 heterocycles. The van der Waals surface area contributed by atoms with Crippen LogP contribution in [0.1, 0.15) is 24.8 Å². The molecule has 1 fully saturated rings. The summed E-state index contributed by atoms with van der Waals surface area (Å²) in [4.78, 5) is 15.3. The van der Waals surface area contributed by atoms with Crippen molar-refractivity contribution in [1.29, 1.82) is 0 Å². The number of pyridine rings is 1. The van der Waals surface area contributed by atoms with Crippen LogP contribution in [0.25, 0.3) is 0 Å². The van der Waals surface area contributed by atoms with Crippen molar-refractivity contribution in [1.82, 2.24) is 9.88 Å². The number of likely N-dealkylation sites (tertiary alicyclic amines) is 1. The van der Waals surface area contributed by atoms with Crippen molar-refractivity contribution in [3.05, 3.63) is 73.4 Å². The predicted molar refractivity (Wildman–Crippen MR) is 116 cm³/mol. The number of piperidine rings is 1. The molecule has 0 saturated carbocycles. The van der Waals surface area contributed by atoms with E-state index in [-0.39, 0.29) is 46.9 Å². The van der Waals surface area contributed by atoms with Crippen LogP contribution in [-0.2, 0) is 6.42 Å². The number of nitrogens with two attached hydrogens (primary N) is 2. The Balaban J connectivity index is 0. The molecule has 1 aromatic heterocycles. The minimum absolute atomic E-state index is 0. The summed E-state index contributed by atoms with van der Waals surface area (Å²) in [5, 5.41) is 0. The van der Waals surface area contributed by atoms with Gasteiger partial charge in [0, 0.05) is 6.54 Å². The van der Waals surface area contributed by atoms with Gasteiger partial charge in [-0.2, -0.15) is 60.5 Å². The van der Waals surface area contributed by atoms with E-state index in [1.54, 1.807) is 24.5 Å². The Hall–Kier alpha value is -0.451. The van der Waals surface area contributed by atoms with E-state index in [1.807, 2.05) is 24.3 Å². The molecule has 161 valence electrons. The number of hydrogen-bond donors (Lipinski definition) is 2. The van der Waals surface area contributed by atoms with E-state index in [4.69, 9.17) is 4.79 Å². The van der Waals surface area contributed by atoms with Gasteiger partial charge >= 0.3 is 53.0 Å². The van der Waals surface area contributed by atoms with Gasteiger partial charge < -0.3 is 28.3 Å². The second-order valence-electron chi connectivity index (χ2n) is 5.68. The van der Waals surface area contributed by atoms with Crippen LogP contribution in [0.4, 0.5) is 4.79 Å². The Labute approximate surface area is 211 Å². The van der Waals surface area contributed by atoms with E-state index in [9.17, 15) is 0 Å². The van der Waals surface area contributed by atoms with E-state index in [0.29, 0.717) is 0 Å². The zero-order valence-corrected chi connectivity index (χ0v) is 19.2. The Kier molecular flexibility index (Phi) is 24.3. The maximum absolute atomic E-state index is 9.00. The summed E-state index contributed by atoms with van der Waals surface area (Å²) in [5.74, 6) is 0. The van der Waals surface area contributed by atoms with Crippen molar-refractivity contribution >= 4 is 15.3 Å². The van der Waals surface area contributed by atoms with Crippen molar-refractivity contribution in [2.45, 2.75) is 25.7 Å². The smallest absolute Gasteiger partial charge is 0.391 e. The molecule has 4 N–H and O–H groups in total. The van der Waals surface area contributed by atoms with E-state index < -0.39 is 6.03 Å². The van der Waals surface area contributed by atoms with Crippen molar-refractivity contribution in [3.8, 4) is 0 Å². The Bertz CT molecular complexity index is 521. The maximum atomic E-state index is 9.00. The first-order valence-electron chi connectivity index (χ1n) is 9.08. The number of nitrogens with zero attached hydrogens (tertiary/aromatic N) is 2. The van der Waals surface area contributed by atoms with Crippen LogP contribution in [0.15, 0.2) is 48.8 Å². The van der Waals surface area contributed by atoms with Crippen molar-refractivity contribution in [3.63, 3.8) is 0 Å². The fourth-order valence-electron chi connectivity index (χ4n) is 2.23. The van der Waals surface area contributed by atoms with Gasteiger partial charge in [-0.05, 0) is 32.1 Å². The maximum Gasteiger partial charge on any atom is 3.00 e. The van der Waals surface area contributed by atoms with E-state index >= 15 is 0 Å². The summed E-state index contributed by atoms with van der Waals surface area (Å²) in [6.45, 7) is 7.69. The average Bonchev–Trinajstić information content (AvgIpc) is 2.72. The second-order valence-corrected chi connectivity index (χ2v) is 6.26. The number of rotatable bonds is 3. The van der Waals surface area contributed by atoms with Gasteiger partial charge in [-0.15, -0.1) is 9.24 Å². The average molecular weight is 561 g/mol. The van der Waals surface area contributed by atoms with Crippen LogP contribution in [-0.4, -0.2) is 41.7 Å². The SMILES string of the molecule is NC(N)=O.PCCN1CCCCC1.[CH2-]Cc1[c-]cccc1.[Yb+3].[c-]1ccncc1. The molecular weight excluding hydrogens is 528 g/mol. The van der Waals surface area contributed by atoms with Crippen LogP contribution in [0.2, 0.25) is 0 Å². The fraction of sp³-hybridized carbons (Fsp3) is 0.381. The Morgan fingerprint density at radius 3 is 2.07 bits per heavy atom. The molecule has 2 amide bonds. The van der Waals surface area contributed by atoms with Gasteiger partial charge in [-0.1, -0.05) is 18.8 Å². The van der Waals surface area contributed by atoms with Gasteiger partial charge in [0.05, 0.1) is 0 Å². The quantitative estimate of drug-likeness (QED) is 0.447. The number of hydrogen-bond acceptors (Lipinski definition) is 3. The zero-order chi connectivity index (χ0) is 20.2. The monoisotopic (exact) mass is 561 g/mol. The largest absolute Gasteiger partial charge is 3.00 e. The molecule has 1 aliphatic heterocycles. The van der Waals surface area contributed by atoms with E-state index in [2.05, 4.69) is 49.6 Å². The number of carbonyl (C=O) groups is 1. The summed E-state index contributed by atoms with van der Waals surface area (Å²) in [6.07, 6.45) is 9.75. The van der Waals surface area contributed by atoms with Gasteiger partial charge in [0.2, 0.25) is 0 Å². The summed E-state index contributed by atoms with van der Waals surface area (Å²) in [7, 11) is 2.79. The third kappa shape index (κ3) is 21.8. The van der Waals surface area contributed by atoms with Crippen LogP contribution in [0.5, 0.6) is 0 Å². The molecule has 1 aromatic carbocycles. The van der Waals surface area contributed by atoms with Crippen molar-refractivity contribution in [2.24, 2.45) is 11.5 Å². The molecule has 1 saturated heterocycles. The molecule has 1 radical (unpaired) electrons. The van der Waals surface area contributed by atoms with Crippen LogP contribution in [0.3, 0.4) is 0 Å². The molecule has 5 nitrogen and oxygen atoms in total. The molecule has 28 heavy (non-hydrogen) atoms. The first-order chi connectivity index (χ1) is 13.1. The summed E-state index contributed by atoms with van der Waals surface area (Å²) < 4.78 is 0. The molecule has 1 unspecified atom stereocenters. The number of benzene rings is 1. The molecule has 1 aliphatic rings. The van der Waals surface area contributed by atoms with Gasteiger partial charge in [-0.25, -0.2) is 4.79 Å². The predicted octanol–water partition coefficient (Wildman–Crippen LogP) is 3.12. The normalized spacial score (nSPS) is 12.4. The molecule has 7 heteroatoms. The van der Waals surface area contributed by atoms with Gasteiger partial charge in [0.25, 0.3) is 0 Å². The minimum atomic E-state index is -0.833. The first kappa shape index (κ1) is 29.7. The molecule has 2 aromatic rings. The van der Waals surface area contributed by atoms with Crippen LogP contribution >= 0.6 is 9.24 Å². The van der Waals surface area contributed by atoms with Gasteiger partial charge in [0.1, 0.15) is 0 Å². The molecule has 1 atom stereocenters. The first-order valence-corrected chi connectivity index (χ1v) is 9.90. The number of aromatic nitrogens is 1.